The van der Waals surface area contributed by atoms with E-state index < -0.39 is 0 Å². The number of rotatable bonds is 3. The molecule has 0 aromatic carbocycles. The van der Waals surface area contributed by atoms with Crippen molar-refractivity contribution in [2.75, 3.05) is 12.4 Å². The summed E-state index contributed by atoms with van der Waals surface area (Å²) in [6.07, 6.45) is 1.59. The van der Waals surface area contributed by atoms with Crippen molar-refractivity contribution in [2.45, 2.75) is 0 Å². The molecule has 0 fully saturated rings. The molecule has 2 aromatic rings. The number of ether oxygens (including phenoxy) is 1. The summed E-state index contributed by atoms with van der Waals surface area (Å²) in [6.45, 7) is 0. The van der Waals surface area contributed by atoms with Crippen LogP contribution in [0.1, 0.15) is 10.4 Å². The molecule has 0 aliphatic heterocycles. The van der Waals surface area contributed by atoms with Crippen molar-refractivity contribution in [2.24, 2.45) is 7.05 Å². The summed E-state index contributed by atoms with van der Waals surface area (Å²) in [5, 5.41) is 6.69. The van der Waals surface area contributed by atoms with E-state index in [-0.39, 0.29) is 11.8 Å². The zero-order chi connectivity index (χ0) is 13.1. The molecule has 0 unspecified atom stereocenters. The third-order valence-corrected chi connectivity index (χ3v) is 2.63. The number of carbonyl (C=O) groups excluding carboxylic acids is 1. The second-order valence-corrected chi connectivity index (χ2v) is 4.34. The van der Waals surface area contributed by atoms with Gasteiger partial charge < -0.3 is 10.1 Å². The number of amides is 1. The van der Waals surface area contributed by atoms with Gasteiger partial charge in [0, 0.05) is 13.2 Å². The number of nitrogens with zero attached hydrogens (tertiary/aromatic N) is 3. The Hall–Kier alpha value is -1.89. The summed E-state index contributed by atoms with van der Waals surface area (Å²) >= 11 is 3.24. The SMILES string of the molecule is COc1nn(C)cc1C(=O)Nc1cccc(Br)n1. The normalized spacial score (nSPS) is 10.2. The van der Waals surface area contributed by atoms with Crippen LogP contribution in [0, 0.1) is 0 Å². The second-order valence-electron chi connectivity index (χ2n) is 3.53. The van der Waals surface area contributed by atoms with Crippen molar-refractivity contribution in [1.29, 1.82) is 0 Å². The lowest BCUT2D eigenvalue weighted by Gasteiger charge is -2.03. The van der Waals surface area contributed by atoms with Gasteiger partial charge in [-0.05, 0) is 28.1 Å². The van der Waals surface area contributed by atoms with Gasteiger partial charge in [0.15, 0.2) is 0 Å². The Morgan fingerprint density at radius 1 is 1.50 bits per heavy atom. The summed E-state index contributed by atoms with van der Waals surface area (Å²) in [4.78, 5) is 16.1. The highest BCUT2D eigenvalue weighted by Gasteiger charge is 2.16. The van der Waals surface area contributed by atoms with Crippen molar-refractivity contribution < 1.29 is 9.53 Å². The minimum Gasteiger partial charge on any atom is -0.479 e. The Bertz CT molecular complexity index is 582. The van der Waals surface area contributed by atoms with E-state index >= 15 is 0 Å². The van der Waals surface area contributed by atoms with Crippen molar-refractivity contribution >= 4 is 27.7 Å². The smallest absolute Gasteiger partial charge is 0.263 e. The van der Waals surface area contributed by atoms with Crippen molar-refractivity contribution in [1.82, 2.24) is 14.8 Å². The van der Waals surface area contributed by atoms with E-state index in [9.17, 15) is 4.79 Å². The Morgan fingerprint density at radius 3 is 2.94 bits per heavy atom. The van der Waals surface area contributed by atoms with Crippen LogP contribution in [0.15, 0.2) is 29.0 Å². The summed E-state index contributed by atoms with van der Waals surface area (Å²) in [5.74, 6) is 0.427. The van der Waals surface area contributed by atoms with Gasteiger partial charge in [-0.15, -0.1) is 5.10 Å². The number of halogens is 1. The molecule has 0 spiro atoms. The number of hydrogen-bond acceptors (Lipinski definition) is 4. The first kappa shape index (κ1) is 12.6. The van der Waals surface area contributed by atoms with Gasteiger partial charge in [-0.2, -0.15) is 0 Å². The third-order valence-electron chi connectivity index (χ3n) is 2.19. The Balaban J connectivity index is 2.21. The molecule has 0 aliphatic rings. The average molecular weight is 311 g/mol. The number of hydrogen-bond donors (Lipinski definition) is 1. The molecule has 94 valence electrons. The number of aromatic nitrogens is 3. The van der Waals surface area contributed by atoms with Gasteiger partial charge in [-0.25, -0.2) is 4.98 Å². The Morgan fingerprint density at radius 2 is 2.28 bits per heavy atom. The van der Waals surface area contributed by atoms with Crippen LogP contribution >= 0.6 is 15.9 Å². The minimum atomic E-state index is -0.314. The molecule has 0 bridgehead atoms. The molecule has 2 aromatic heterocycles. The predicted octanol–water partition coefficient (Wildman–Crippen LogP) is 1.84. The molecule has 18 heavy (non-hydrogen) atoms. The molecule has 1 N–H and O–H groups in total. The van der Waals surface area contributed by atoms with Crippen molar-refractivity contribution in [3.8, 4) is 5.88 Å². The fraction of sp³-hybridized carbons (Fsp3) is 0.182. The Kier molecular flexibility index (Phi) is 3.61. The first-order valence-electron chi connectivity index (χ1n) is 5.11. The number of anilines is 1. The van der Waals surface area contributed by atoms with Crippen LogP contribution in [0.4, 0.5) is 5.82 Å². The van der Waals surface area contributed by atoms with Crippen LogP contribution in [-0.4, -0.2) is 27.8 Å². The van der Waals surface area contributed by atoms with Crippen LogP contribution in [-0.2, 0) is 7.05 Å². The second kappa shape index (κ2) is 5.18. The van der Waals surface area contributed by atoms with E-state index in [1.807, 2.05) is 0 Å². The lowest BCUT2D eigenvalue weighted by molar-refractivity contribution is 0.102. The maximum Gasteiger partial charge on any atom is 0.263 e. The van der Waals surface area contributed by atoms with E-state index in [2.05, 4.69) is 31.3 Å². The maximum atomic E-state index is 12.0. The summed E-state index contributed by atoms with van der Waals surface area (Å²) in [5.41, 5.74) is 0.363. The molecule has 0 saturated carbocycles. The average Bonchev–Trinajstić information content (AvgIpc) is 2.70. The molecule has 0 atom stereocenters. The van der Waals surface area contributed by atoms with Gasteiger partial charge in [0.05, 0.1) is 7.11 Å². The van der Waals surface area contributed by atoms with E-state index in [4.69, 9.17) is 4.74 Å². The molecule has 2 heterocycles. The van der Waals surface area contributed by atoms with Crippen LogP contribution in [0.2, 0.25) is 0 Å². The van der Waals surface area contributed by atoms with Gasteiger partial charge in [-0.1, -0.05) is 6.07 Å². The van der Waals surface area contributed by atoms with Gasteiger partial charge in [-0.3, -0.25) is 9.48 Å². The molecule has 0 saturated heterocycles. The molecule has 6 nitrogen and oxygen atoms in total. The summed E-state index contributed by atoms with van der Waals surface area (Å²) in [7, 11) is 3.19. The predicted molar refractivity (Wildman–Crippen MR) is 69.7 cm³/mol. The number of carbonyl (C=O) groups is 1. The van der Waals surface area contributed by atoms with Crippen LogP contribution in [0.3, 0.4) is 0 Å². The highest BCUT2D eigenvalue weighted by atomic mass is 79.9. The fourth-order valence-electron chi connectivity index (χ4n) is 1.44. The van der Waals surface area contributed by atoms with Gasteiger partial charge in [0.25, 0.3) is 5.91 Å². The summed E-state index contributed by atoms with van der Waals surface area (Å²) < 4.78 is 7.19. The van der Waals surface area contributed by atoms with Gasteiger partial charge >= 0.3 is 0 Å². The number of methoxy groups -OCH3 is 1. The molecule has 0 aliphatic carbocycles. The van der Waals surface area contributed by atoms with Crippen molar-refractivity contribution in [3.05, 3.63) is 34.6 Å². The minimum absolute atomic E-state index is 0.282. The zero-order valence-electron chi connectivity index (χ0n) is 9.85. The monoisotopic (exact) mass is 310 g/mol. The molecule has 0 radical (unpaired) electrons. The van der Waals surface area contributed by atoms with E-state index in [0.717, 1.165) is 0 Å². The van der Waals surface area contributed by atoms with Gasteiger partial charge in [0.1, 0.15) is 16.0 Å². The first-order valence-corrected chi connectivity index (χ1v) is 5.91. The molecule has 1 amide bonds. The van der Waals surface area contributed by atoms with Crippen LogP contribution in [0.25, 0.3) is 0 Å². The molecular formula is C11H11BrN4O2. The van der Waals surface area contributed by atoms with Crippen LogP contribution in [0.5, 0.6) is 5.88 Å². The molecular weight excluding hydrogens is 300 g/mol. The van der Waals surface area contributed by atoms with Crippen molar-refractivity contribution in [3.63, 3.8) is 0 Å². The largest absolute Gasteiger partial charge is 0.479 e. The quantitative estimate of drug-likeness (QED) is 0.878. The highest BCUT2D eigenvalue weighted by molar-refractivity contribution is 9.10. The number of aryl methyl sites for hydroxylation is 1. The zero-order valence-corrected chi connectivity index (χ0v) is 11.4. The molecule has 7 heteroatoms. The fourth-order valence-corrected chi connectivity index (χ4v) is 1.78. The number of nitrogens with one attached hydrogen (secondary N) is 1. The van der Waals surface area contributed by atoms with E-state index in [1.165, 1.54) is 11.8 Å². The van der Waals surface area contributed by atoms with Crippen LogP contribution < -0.4 is 10.1 Å². The van der Waals surface area contributed by atoms with E-state index in [1.54, 1.807) is 31.4 Å². The Labute approximate surface area is 112 Å². The lowest BCUT2D eigenvalue weighted by atomic mass is 10.3. The summed E-state index contributed by atoms with van der Waals surface area (Å²) in [6, 6.07) is 5.26. The number of pyridine rings is 1. The van der Waals surface area contributed by atoms with Gasteiger partial charge in [0.2, 0.25) is 5.88 Å². The third kappa shape index (κ3) is 2.67. The standard InChI is InChI=1S/C11H11BrN4O2/c1-16-6-7(11(15-16)18-2)10(17)14-9-5-3-4-8(12)13-9/h3-6H,1-2H3,(H,13,14,17). The molecule has 2 rings (SSSR count). The highest BCUT2D eigenvalue weighted by Crippen LogP contribution is 2.17. The topological polar surface area (TPSA) is 69.0 Å². The maximum absolute atomic E-state index is 12.0. The van der Waals surface area contributed by atoms with E-state index in [0.29, 0.717) is 16.0 Å². The lowest BCUT2D eigenvalue weighted by Crippen LogP contribution is -2.13. The first-order chi connectivity index (χ1) is 8.60.